The van der Waals surface area contributed by atoms with E-state index in [1.807, 2.05) is 0 Å². The second-order valence-electron chi connectivity index (χ2n) is 7.16. The number of carbonyl (C=O) groups excluding carboxylic acids is 1. The van der Waals surface area contributed by atoms with Gasteiger partial charge in [0.1, 0.15) is 11.4 Å². The Bertz CT molecular complexity index is 578. The Balaban J connectivity index is 3.01. The van der Waals surface area contributed by atoms with Crippen molar-refractivity contribution in [3.63, 3.8) is 0 Å². The highest BCUT2D eigenvalue weighted by molar-refractivity contribution is 5.75. The molecule has 0 bridgehead atoms. The summed E-state index contributed by atoms with van der Waals surface area (Å²) in [5.74, 6) is -1.44. The predicted octanol–water partition coefficient (Wildman–Crippen LogP) is 3.67. The Morgan fingerprint density at radius 1 is 1.22 bits per heavy atom. The second-order valence-corrected chi connectivity index (χ2v) is 7.16. The summed E-state index contributed by atoms with van der Waals surface area (Å²) < 4.78 is 18.7. The van der Waals surface area contributed by atoms with Crippen LogP contribution in [0.5, 0.6) is 0 Å². The lowest BCUT2D eigenvalue weighted by atomic mass is 9.93. The average molecular weight is 325 g/mol. The number of nitrogens with zero attached hydrogens (tertiary/aromatic N) is 1. The van der Waals surface area contributed by atoms with E-state index in [9.17, 15) is 19.1 Å². The van der Waals surface area contributed by atoms with E-state index in [1.165, 1.54) is 30.9 Å². The van der Waals surface area contributed by atoms with E-state index in [-0.39, 0.29) is 13.1 Å². The number of carboxylic acids is 1. The largest absolute Gasteiger partial charge is 0.481 e. The topological polar surface area (TPSA) is 66.8 Å². The molecule has 1 amide bonds. The third-order valence-electron chi connectivity index (χ3n) is 3.08. The van der Waals surface area contributed by atoms with Crippen molar-refractivity contribution in [2.75, 3.05) is 6.54 Å². The van der Waals surface area contributed by atoms with Crippen LogP contribution in [0.4, 0.5) is 9.18 Å². The maximum absolute atomic E-state index is 13.3. The number of aliphatic carboxylic acids is 1. The second kappa shape index (κ2) is 6.98. The zero-order valence-corrected chi connectivity index (χ0v) is 14.2. The number of hydrogen-bond donors (Lipinski definition) is 1. The van der Waals surface area contributed by atoms with Crippen LogP contribution in [0.15, 0.2) is 24.3 Å². The molecule has 0 spiro atoms. The van der Waals surface area contributed by atoms with E-state index in [1.54, 1.807) is 32.9 Å². The van der Waals surface area contributed by atoms with Crippen LogP contribution < -0.4 is 0 Å². The van der Waals surface area contributed by atoms with Gasteiger partial charge in [0, 0.05) is 13.1 Å². The van der Waals surface area contributed by atoms with E-state index in [4.69, 9.17) is 4.74 Å². The van der Waals surface area contributed by atoms with E-state index >= 15 is 0 Å². The van der Waals surface area contributed by atoms with Gasteiger partial charge in [0.05, 0.1) is 5.41 Å². The van der Waals surface area contributed by atoms with Gasteiger partial charge in [0.15, 0.2) is 0 Å². The average Bonchev–Trinajstić information content (AvgIpc) is 2.35. The predicted molar refractivity (Wildman–Crippen MR) is 84.5 cm³/mol. The van der Waals surface area contributed by atoms with Crippen molar-refractivity contribution in [2.24, 2.45) is 5.41 Å². The summed E-state index contributed by atoms with van der Waals surface area (Å²) in [6.45, 7) is 8.27. The van der Waals surface area contributed by atoms with Crippen LogP contribution in [0.1, 0.15) is 40.2 Å². The summed E-state index contributed by atoms with van der Waals surface area (Å²) >= 11 is 0. The van der Waals surface area contributed by atoms with Gasteiger partial charge in [0.2, 0.25) is 0 Å². The molecule has 1 aromatic rings. The third kappa shape index (κ3) is 6.26. The van der Waals surface area contributed by atoms with Gasteiger partial charge in [-0.25, -0.2) is 9.18 Å². The molecule has 1 aromatic carbocycles. The van der Waals surface area contributed by atoms with Crippen LogP contribution in [0.25, 0.3) is 0 Å². The Hall–Kier alpha value is -2.11. The molecule has 0 radical (unpaired) electrons. The van der Waals surface area contributed by atoms with Gasteiger partial charge in [-0.15, -0.1) is 0 Å². The van der Waals surface area contributed by atoms with Crippen LogP contribution >= 0.6 is 0 Å². The maximum atomic E-state index is 13.3. The van der Waals surface area contributed by atoms with E-state index in [0.29, 0.717) is 5.56 Å². The van der Waals surface area contributed by atoms with Crippen molar-refractivity contribution in [2.45, 2.75) is 46.8 Å². The quantitative estimate of drug-likeness (QED) is 0.897. The smallest absolute Gasteiger partial charge is 0.410 e. The lowest BCUT2D eigenvalue weighted by molar-refractivity contribution is -0.147. The molecule has 1 N–H and O–H groups in total. The number of amides is 1. The van der Waals surface area contributed by atoms with Gasteiger partial charge in [0.25, 0.3) is 0 Å². The van der Waals surface area contributed by atoms with Crippen molar-refractivity contribution in [1.29, 1.82) is 0 Å². The fourth-order valence-corrected chi connectivity index (χ4v) is 1.91. The maximum Gasteiger partial charge on any atom is 0.410 e. The summed E-state index contributed by atoms with van der Waals surface area (Å²) in [6.07, 6.45) is -0.629. The molecule has 1 rings (SSSR count). The Kier molecular flexibility index (Phi) is 5.75. The molecule has 0 aromatic heterocycles. The Labute approximate surface area is 136 Å². The molecule has 5 nitrogen and oxygen atoms in total. The molecule has 0 aliphatic rings. The van der Waals surface area contributed by atoms with E-state index in [2.05, 4.69) is 0 Å². The Morgan fingerprint density at radius 3 is 2.30 bits per heavy atom. The van der Waals surface area contributed by atoms with E-state index in [0.717, 1.165) is 0 Å². The molecule has 6 heteroatoms. The molecule has 0 saturated heterocycles. The number of ether oxygens (including phenoxy) is 1. The van der Waals surface area contributed by atoms with Crippen LogP contribution in [0.3, 0.4) is 0 Å². The van der Waals surface area contributed by atoms with Crippen molar-refractivity contribution in [3.8, 4) is 0 Å². The monoisotopic (exact) mass is 325 g/mol. The normalized spacial score (nSPS) is 11.9. The van der Waals surface area contributed by atoms with E-state index < -0.39 is 28.9 Å². The first-order valence-electron chi connectivity index (χ1n) is 7.36. The number of hydrogen-bond acceptors (Lipinski definition) is 3. The molecule has 128 valence electrons. The lowest BCUT2D eigenvalue weighted by Crippen LogP contribution is -2.44. The zero-order chi connectivity index (χ0) is 17.8. The number of carbonyl (C=O) groups is 2. The summed E-state index contributed by atoms with van der Waals surface area (Å²) in [5, 5.41) is 9.28. The number of halogens is 1. The van der Waals surface area contributed by atoms with Crippen molar-refractivity contribution < 1.29 is 23.8 Å². The lowest BCUT2D eigenvalue weighted by Gasteiger charge is -2.32. The number of carboxylic acid groups (broad SMARTS) is 1. The van der Waals surface area contributed by atoms with Gasteiger partial charge < -0.3 is 14.7 Å². The minimum atomic E-state index is -1.15. The molecule has 0 aliphatic heterocycles. The fraction of sp³-hybridized carbons (Fsp3) is 0.529. The molecular formula is C17H24FNO4. The minimum Gasteiger partial charge on any atom is -0.481 e. The molecular weight excluding hydrogens is 301 g/mol. The summed E-state index contributed by atoms with van der Waals surface area (Å²) in [5.41, 5.74) is -1.29. The van der Waals surface area contributed by atoms with Crippen LogP contribution in [0, 0.1) is 11.2 Å². The highest BCUT2D eigenvalue weighted by Gasteiger charge is 2.33. The molecule has 0 atom stereocenters. The third-order valence-corrected chi connectivity index (χ3v) is 3.08. The first-order chi connectivity index (χ1) is 10.4. The van der Waals surface area contributed by atoms with Gasteiger partial charge in [-0.1, -0.05) is 12.1 Å². The van der Waals surface area contributed by atoms with Crippen molar-refractivity contribution in [1.82, 2.24) is 4.90 Å². The SMILES string of the molecule is CC(C)(C)OC(=O)N(Cc1cccc(F)c1)CC(C)(C)C(=O)O. The molecule has 0 fully saturated rings. The summed E-state index contributed by atoms with van der Waals surface area (Å²) in [7, 11) is 0. The molecule has 0 saturated carbocycles. The summed E-state index contributed by atoms with van der Waals surface area (Å²) in [6, 6.07) is 5.84. The van der Waals surface area contributed by atoms with Gasteiger partial charge in [-0.2, -0.15) is 0 Å². The van der Waals surface area contributed by atoms with Gasteiger partial charge in [-0.05, 0) is 52.3 Å². The van der Waals surface area contributed by atoms with Crippen molar-refractivity contribution in [3.05, 3.63) is 35.6 Å². The number of rotatable bonds is 5. The first-order valence-corrected chi connectivity index (χ1v) is 7.36. The highest BCUT2D eigenvalue weighted by Crippen LogP contribution is 2.21. The highest BCUT2D eigenvalue weighted by atomic mass is 19.1. The van der Waals surface area contributed by atoms with Crippen LogP contribution in [-0.4, -0.2) is 34.2 Å². The molecule has 0 heterocycles. The number of benzene rings is 1. The first kappa shape index (κ1) is 18.9. The van der Waals surface area contributed by atoms with Gasteiger partial charge in [-0.3, -0.25) is 4.79 Å². The van der Waals surface area contributed by atoms with Gasteiger partial charge >= 0.3 is 12.1 Å². The molecule has 0 unspecified atom stereocenters. The fourth-order valence-electron chi connectivity index (χ4n) is 1.91. The van der Waals surface area contributed by atoms with Crippen molar-refractivity contribution >= 4 is 12.1 Å². The minimum absolute atomic E-state index is 0.0479. The molecule has 0 aliphatic carbocycles. The Morgan fingerprint density at radius 2 is 1.83 bits per heavy atom. The summed E-state index contributed by atoms with van der Waals surface area (Å²) in [4.78, 5) is 25.0. The van der Waals surface area contributed by atoms with Crippen LogP contribution in [-0.2, 0) is 16.1 Å². The molecule has 23 heavy (non-hydrogen) atoms. The standard InChI is InChI=1S/C17H24FNO4/c1-16(2,3)23-15(22)19(11-17(4,5)14(20)21)10-12-7-6-8-13(18)9-12/h6-9H,10-11H2,1-5H3,(H,20,21). The zero-order valence-electron chi connectivity index (χ0n) is 14.2. The van der Waals surface area contributed by atoms with Crippen LogP contribution in [0.2, 0.25) is 0 Å².